The van der Waals surface area contributed by atoms with Gasteiger partial charge in [0.05, 0.1) is 6.20 Å². The molecule has 76 valence electrons. The van der Waals surface area contributed by atoms with E-state index in [0.29, 0.717) is 5.82 Å². The van der Waals surface area contributed by atoms with Crippen LogP contribution in [0.25, 0.3) is 0 Å². The normalized spacial score (nSPS) is 11.9. The van der Waals surface area contributed by atoms with E-state index >= 15 is 0 Å². The number of hydrogen-bond acceptors (Lipinski definition) is 4. The molecular formula is C9H14N4O. The minimum Gasteiger partial charge on any atom is -0.357 e. The van der Waals surface area contributed by atoms with Crippen LogP contribution in [0.15, 0.2) is 18.6 Å². The lowest BCUT2D eigenvalue weighted by Crippen LogP contribution is -2.36. The topological polar surface area (TPSA) is 58.1 Å². The highest BCUT2D eigenvalue weighted by Crippen LogP contribution is 2.01. The van der Waals surface area contributed by atoms with Crippen LogP contribution in [0.3, 0.4) is 0 Å². The van der Waals surface area contributed by atoms with Crippen LogP contribution in [0, 0.1) is 0 Å². The fraction of sp³-hybridized carbons (Fsp3) is 0.444. The predicted molar refractivity (Wildman–Crippen MR) is 53.8 cm³/mol. The third-order valence-electron chi connectivity index (χ3n) is 1.74. The van der Waals surface area contributed by atoms with Crippen molar-refractivity contribution in [3.8, 4) is 0 Å². The highest BCUT2D eigenvalue weighted by atomic mass is 16.2. The van der Waals surface area contributed by atoms with E-state index in [-0.39, 0.29) is 11.9 Å². The summed E-state index contributed by atoms with van der Waals surface area (Å²) in [5.41, 5.74) is 0. The Balaban J connectivity index is 2.57. The standard InChI is InChI=1S/C9H14N4O/c1-7(9(14)13(2)3)12-8-6-10-4-5-11-8/h4-7H,1-3H3,(H,11,12)/t7-/m0/s1. The molecule has 0 radical (unpaired) electrons. The van der Waals surface area contributed by atoms with Crippen molar-refractivity contribution in [1.82, 2.24) is 14.9 Å². The summed E-state index contributed by atoms with van der Waals surface area (Å²) in [6.45, 7) is 1.79. The van der Waals surface area contributed by atoms with Gasteiger partial charge in [0.15, 0.2) is 0 Å². The maximum atomic E-state index is 11.5. The minimum absolute atomic E-state index is 0.00986. The summed E-state index contributed by atoms with van der Waals surface area (Å²) in [6.07, 6.45) is 4.75. The molecule has 0 aliphatic rings. The molecule has 1 heterocycles. The zero-order chi connectivity index (χ0) is 10.6. The average Bonchev–Trinajstić information content (AvgIpc) is 2.18. The number of amides is 1. The molecule has 1 aromatic heterocycles. The summed E-state index contributed by atoms with van der Waals surface area (Å²) in [4.78, 5) is 20.9. The number of carbonyl (C=O) groups is 1. The lowest BCUT2D eigenvalue weighted by Gasteiger charge is -2.17. The van der Waals surface area contributed by atoms with Crippen LogP contribution in [0.1, 0.15) is 6.92 Å². The third-order valence-corrected chi connectivity index (χ3v) is 1.74. The fourth-order valence-electron chi connectivity index (χ4n) is 1.04. The molecule has 0 aliphatic heterocycles. The van der Waals surface area contributed by atoms with Crippen molar-refractivity contribution in [3.05, 3.63) is 18.6 Å². The molecule has 0 bridgehead atoms. The number of anilines is 1. The van der Waals surface area contributed by atoms with Gasteiger partial charge in [0.25, 0.3) is 0 Å². The molecule has 0 unspecified atom stereocenters. The van der Waals surface area contributed by atoms with E-state index in [9.17, 15) is 4.79 Å². The summed E-state index contributed by atoms with van der Waals surface area (Å²) in [5.74, 6) is 0.617. The summed E-state index contributed by atoms with van der Waals surface area (Å²) in [6, 6.07) is -0.290. The van der Waals surface area contributed by atoms with Gasteiger partial charge in [0, 0.05) is 26.5 Å². The molecule has 0 saturated carbocycles. The zero-order valence-corrected chi connectivity index (χ0v) is 8.56. The van der Waals surface area contributed by atoms with Crippen molar-refractivity contribution in [1.29, 1.82) is 0 Å². The Morgan fingerprint density at radius 2 is 2.21 bits per heavy atom. The Labute approximate surface area is 83.2 Å². The molecule has 0 spiro atoms. The molecule has 1 N–H and O–H groups in total. The fourth-order valence-corrected chi connectivity index (χ4v) is 1.04. The van der Waals surface area contributed by atoms with Crippen molar-refractivity contribution in [2.75, 3.05) is 19.4 Å². The molecule has 1 aromatic rings. The van der Waals surface area contributed by atoms with Crippen LogP contribution in [0.5, 0.6) is 0 Å². The maximum absolute atomic E-state index is 11.5. The largest absolute Gasteiger partial charge is 0.357 e. The number of hydrogen-bond donors (Lipinski definition) is 1. The Morgan fingerprint density at radius 1 is 1.50 bits per heavy atom. The van der Waals surface area contributed by atoms with Gasteiger partial charge in [0.1, 0.15) is 11.9 Å². The van der Waals surface area contributed by atoms with Gasteiger partial charge in [-0.15, -0.1) is 0 Å². The van der Waals surface area contributed by atoms with E-state index in [2.05, 4.69) is 15.3 Å². The van der Waals surface area contributed by atoms with E-state index in [0.717, 1.165) is 0 Å². The summed E-state index contributed by atoms with van der Waals surface area (Å²) < 4.78 is 0. The first-order chi connectivity index (χ1) is 6.61. The first-order valence-electron chi connectivity index (χ1n) is 4.35. The SMILES string of the molecule is C[C@H](Nc1cnccn1)C(=O)N(C)C. The molecule has 5 nitrogen and oxygen atoms in total. The van der Waals surface area contributed by atoms with E-state index in [1.54, 1.807) is 39.6 Å². The molecule has 0 aromatic carbocycles. The highest BCUT2D eigenvalue weighted by Gasteiger charge is 2.14. The molecular weight excluding hydrogens is 180 g/mol. The molecule has 1 rings (SSSR count). The van der Waals surface area contributed by atoms with Gasteiger partial charge in [-0.05, 0) is 6.92 Å². The van der Waals surface area contributed by atoms with Gasteiger partial charge < -0.3 is 10.2 Å². The predicted octanol–water partition coefficient (Wildman–Crippen LogP) is 0.365. The zero-order valence-electron chi connectivity index (χ0n) is 8.56. The number of aromatic nitrogens is 2. The molecule has 5 heteroatoms. The lowest BCUT2D eigenvalue weighted by atomic mass is 10.3. The van der Waals surface area contributed by atoms with Crippen molar-refractivity contribution >= 4 is 11.7 Å². The van der Waals surface area contributed by atoms with Crippen LogP contribution in [0.2, 0.25) is 0 Å². The van der Waals surface area contributed by atoms with Crippen LogP contribution in [-0.4, -0.2) is 40.9 Å². The van der Waals surface area contributed by atoms with Gasteiger partial charge in [-0.1, -0.05) is 0 Å². The second-order valence-corrected chi connectivity index (χ2v) is 3.19. The van der Waals surface area contributed by atoms with Crippen molar-refractivity contribution < 1.29 is 4.79 Å². The lowest BCUT2D eigenvalue weighted by molar-refractivity contribution is -0.129. The van der Waals surface area contributed by atoms with E-state index < -0.39 is 0 Å². The smallest absolute Gasteiger partial charge is 0.244 e. The van der Waals surface area contributed by atoms with Gasteiger partial charge in [-0.3, -0.25) is 9.78 Å². The second kappa shape index (κ2) is 4.55. The van der Waals surface area contributed by atoms with E-state index in [1.165, 1.54) is 4.90 Å². The van der Waals surface area contributed by atoms with Crippen LogP contribution in [0.4, 0.5) is 5.82 Å². The van der Waals surface area contributed by atoms with Crippen LogP contribution < -0.4 is 5.32 Å². The van der Waals surface area contributed by atoms with Crippen LogP contribution >= 0.6 is 0 Å². The first-order valence-corrected chi connectivity index (χ1v) is 4.35. The van der Waals surface area contributed by atoms with Crippen molar-refractivity contribution in [3.63, 3.8) is 0 Å². The minimum atomic E-state index is -0.290. The Morgan fingerprint density at radius 3 is 2.71 bits per heavy atom. The van der Waals surface area contributed by atoms with Crippen LogP contribution in [-0.2, 0) is 4.79 Å². The van der Waals surface area contributed by atoms with Crippen molar-refractivity contribution in [2.45, 2.75) is 13.0 Å². The monoisotopic (exact) mass is 194 g/mol. The third kappa shape index (κ3) is 2.69. The summed E-state index contributed by atoms with van der Waals surface area (Å²) in [7, 11) is 3.44. The number of carbonyl (C=O) groups excluding carboxylic acids is 1. The van der Waals surface area contributed by atoms with E-state index in [1.807, 2.05) is 0 Å². The molecule has 14 heavy (non-hydrogen) atoms. The number of nitrogens with zero attached hydrogens (tertiary/aromatic N) is 3. The summed E-state index contributed by atoms with van der Waals surface area (Å²) >= 11 is 0. The maximum Gasteiger partial charge on any atom is 0.244 e. The molecule has 0 aliphatic carbocycles. The molecule has 1 amide bonds. The van der Waals surface area contributed by atoms with Gasteiger partial charge in [0.2, 0.25) is 5.91 Å². The Kier molecular flexibility index (Phi) is 3.39. The summed E-state index contributed by atoms with van der Waals surface area (Å²) in [5, 5.41) is 2.96. The molecule has 1 atom stereocenters. The first kappa shape index (κ1) is 10.4. The van der Waals surface area contributed by atoms with Gasteiger partial charge in [-0.2, -0.15) is 0 Å². The van der Waals surface area contributed by atoms with Gasteiger partial charge in [-0.25, -0.2) is 4.98 Å². The number of rotatable bonds is 3. The quantitative estimate of drug-likeness (QED) is 0.755. The van der Waals surface area contributed by atoms with E-state index in [4.69, 9.17) is 0 Å². The Hall–Kier alpha value is -1.65. The molecule has 0 fully saturated rings. The molecule has 0 saturated heterocycles. The van der Waals surface area contributed by atoms with Crippen molar-refractivity contribution in [2.24, 2.45) is 0 Å². The Bertz CT molecular complexity index is 299. The number of nitrogens with one attached hydrogen (secondary N) is 1. The second-order valence-electron chi connectivity index (χ2n) is 3.19. The highest BCUT2D eigenvalue weighted by molar-refractivity contribution is 5.83. The average molecular weight is 194 g/mol. The number of likely N-dealkylation sites (N-methyl/N-ethyl adjacent to an activating group) is 1. The van der Waals surface area contributed by atoms with Gasteiger partial charge >= 0.3 is 0 Å².